The van der Waals surface area contributed by atoms with E-state index in [4.69, 9.17) is 33.2 Å². The number of nitrogens with zero attached hydrogens (tertiary/aromatic N) is 2. The molecule has 0 spiro atoms. The van der Waals surface area contributed by atoms with E-state index in [9.17, 15) is 28.8 Å². The SMILES string of the molecule is CCOC(=O)C(C)c1cc2cc(CC(=O)C3(c4ccc5c(c4)OCO5)CC3)ccc2[nH]1.CCOC(=O)C(C)c1cc2ccccc2n1C(=O)OC(C)(C)C.CCOC(=O)Cc1cc2ccccc2n1C(=O)OC(C)(C)C. The third kappa shape index (κ3) is 13.1. The molecule has 7 aromatic rings. The molecule has 16 heteroatoms. The van der Waals surface area contributed by atoms with Crippen LogP contribution in [0.15, 0.2) is 103 Å². The number of fused-ring (bicyclic) bond motifs is 4. The topological polar surface area (TPSA) is 193 Å². The van der Waals surface area contributed by atoms with Crippen molar-refractivity contribution in [1.82, 2.24) is 14.1 Å². The highest BCUT2D eigenvalue weighted by Crippen LogP contribution is 2.51. The highest BCUT2D eigenvalue weighted by atomic mass is 16.7. The Balaban J connectivity index is 0.000000170. The maximum Gasteiger partial charge on any atom is 0.419 e. The highest BCUT2D eigenvalue weighted by Gasteiger charge is 2.51. The Morgan fingerprint density at radius 1 is 0.605 bits per heavy atom. The summed E-state index contributed by atoms with van der Waals surface area (Å²) in [5.74, 6) is -0.222. The van der Waals surface area contributed by atoms with Crippen LogP contribution in [0.4, 0.5) is 9.59 Å². The van der Waals surface area contributed by atoms with Gasteiger partial charge in [0, 0.05) is 39.8 Å². The van der Waals surface area contributed by atoms with Gasteiger partial charge in [-0.1, -0.05) is 48.5 Å². The van der Waals surface area contributed by atoms with E-state index >= 15 is 0 Å². The van der Waals surface area contributed by atoms with Crippen LogP contribution in [0.1, 0.15) is 129 Å². The van der Waals surface area contributed by atoms with Gasteiger partial charge in [-0.25, -0.2) is 18.7 Å². The second kappa shape index (κ2) is 23.3. The number of nitrogens with one attached hydrogen (secondary N) is 1. The van der Waals surface area contributed by atoms with E-state index < -0.39 is 34.7 Å². The number of aromatic nitrogens is 3. The molecule has 4 heterocycles. The molecule has 1 aliphatic heterocycles. The zero-order valence-electron chi connectivity index (χ0n) is 45.3. The molecule has 0 saturated heterocycles. The first-order valence-corrected chi connectivity index (χ1v) is 25.8. The third-order valence-electron chi connectivity index (χ3n) is 12.8. The second-order valence-electron chi connectivity index (χ2n) is 20.8. The Kier molecular flexibility index (Phi) is 17.2. The molecule has 16 nitrogen and oxygen atoms in total. The molecule has 0 radical (unpaired) electrons. The summed E-state index contributed by atoms with van der Waals surface area (Å²) in [7, 11) is 0. The number of para-hydroxylation sites is 2. The van der Waals surface area contributed by atoms with Gasteiger partial charge < -0.3 is 38.1 Å². The summed E-state index contributed by atoms with van der Waals surface area (Å²) in [6.07, 6.45) is 1.14. The summed E-state index contributed by atoms with van der Waals surface area (Å²) in [4.78, 5) is 77.6. The average molecular weight is 1040 g/mol. The number of Topliss-reactive ketones (excluding diaryl/α,β-unsaturated/α-hetero) is 1. The monoisotopic (exact) mass is 1040 g/mol. The lowest BCUT2D eigenvalue weighted by molar-refractivity contribution is -0.145. The van der Waals surface area contributed by atoms with E-state index in [2.05, 4.69) is 4.98 Å². The minimum absolute atomic E-state index is 0.0295. The number of ketones is 1. The Hall–Kier alpha value is -7.88. The number of rotatable bonds is 13. The average Bonchev–Trinajstić information content (AvgIpc) is 3.66. The molecule has 2 unspecified atom stereocenters. The minimum Gasteiger partial charge on any atom is -0.466 e. The maximum atomic E-state index is 13.3. The number of esters is 3. The summed E-state index contributed by atoms with van der Waals surface area (Å²) in [6, 6.07) is 32.3. The molecular weight excluding hydrogens is 971 g/mol. The first kappa shape index (κ1) is 55.9. The van der Waals surface area contributed by atoms with E-state index in [0.29, 0.717) is 48.9 Å². The molecule has 1 fully saturated rings. The van der Waals surface area contributed by atoms with E-state index in [1.165, 1.54) is 9.13 Å². The van der Waals surface area contributed by atoms with Crippen LogP contribution in [-0.4, -0.2) is 87.8 Å². The number of hydrogen-bond acceptors (Lipinski definition) is 13. The van der Waals surface area contributed by atoms with Crippen molar-refractivity contribution in [2.75, 3.05) is 26.6 Å². The van der Waals surface area contributed by atoms with Crippen LogP contribution in [0, 0.1) is 0 Å². The quantitative estimate of drug-likeness (QED) is 0.0848. The molecule has 402 valence electrons. The zero-order chi connectivity index (χ0) is 55.1. The first-order chi connectivity index (χ1) is 36.1. The maximum absolute atomic E-state index is 13.3. The van der Waals surface area contributed by atoms with Gasteiger partial charge in [-0.3, -0.25) is 19.2 Å². The largest absolute Gasteiger partial charge is 0.466 e. The van der Waals surface area contributed by atoms with Crippen molar-refractivity contribution in [2.24, 2.45) is 0 Å². The van der Waals surface area contributed by atoms with Gasteiger partial charge in [0.15, 0.2) is 11.5 Å². The summed E-state index contributed by atoms with van der Waals surface area (Å²) in [5, 5.41) is 2.75. The van der Waals surface area contributed by atoms with Crippen molar-refractivity contribution < 1.29 is 61.9 Å². The van der Waals surface area contributed by atoms with E-state index in [1.54, 1.807) is 27.7 Å². The van der Waals surface area contributed by atoms with Crippen molar-refractivity contribution in [2.45, 2.75) is 130 Å². The molecular formula is C60H69N3O13. The van der Waals surface area contributed by atoms with E-state index in [0.717, 1.165) is 62.6 Å². The summed E-state index contributed by atoms with van der Waals surface area (Å²) < 4.78 is 39.9. The minimum atomic E-state index is -0.618. The third-order valence-corrected chi connectivity index (χ3v) is 12.8. The Morgan fingerprint density at radius 2 is 1.17 bits per heavy atom. The van der Waals surface area contributed by atoms with Crippen LogP contribution in [0.2, 0.25) is 0 Å². The van der Waals surface area contributed by atoms with Crippen LogP contribution in [0.25, 0.3) is 32.7 Å². The van der Waals surface area contributed by atoms with Gasteiger partial charge in [0.1, 0.15) is 17.0 Å². The normalized spacial score (nSPS) is 14.1. The lowest BCUT2D eigenvalue weighted by Crippen LogP contribution is -2.29. The van der Waals surface area contributed by atoms with Crippen molar-refractivity contribution in [3.05, 3.63) is 131 Å². The molecule has 3 aromatic heterocycles. The number of benzene rings is 4. The van der Waals surface area contributed by atoms with Crippen molar-refractivity contribution >= 4 is 68.6 Å². The number of H-pyrrole nitrogens is 1. The molecule has 9 rings (SSSR count). The lowest BCUT2D eigenvalue weighted by atomic mass is 9.87. The molecule has 0 amide bonds. The van der Waals surface area contributed by atoms with Gasteiger partial charge in [0.05, 0.1) is 54.5 Å². The smallest absolute Gasteiger partial charge is 0.419 e. The van der Waals surface area contributed by atoms with Gasteiger partial charge >= 0.3 is 30.1 Å². The predicted molar refractivity (Wildman–Crippen MR) is 288 cm³/mol. The molecule has 1 aliphatic carbocycles. The molecule has 1 N–H and O–H groups in total. The van der Waals surface area contributed by atoms with Gasteiger partial charge in [-0.05, 0) is 160 Å². The fourth-order valence-electron chi connectivity index (χ4n) is 8.96. The summed E-state index contributed by atoms with van der Waals surface area (Å²) >= 11 is 0. The molecule has 1 saturated carbocycles. The molecule has 2 aliphatic rings. The summed E-state index contributed by atoms with van der Waals surface area (Å²) in [6.45, 7) is 20.9. The Morgan fingerprint density at radius 3 is 1.78 bits per heavy atom. The Bertz CT molecular complexity index is 3270. The van der Waals surface area contributed by atoms with Crippen LogP contribution in [0.3, 0.4) is 0 Å². The molecule has 4 aromatic carbocycles. The van der Waals surface area contributed by atoms with Gasteiger partial charge in [-0.15, -0.1) is 0 Å². The summed E-state index contributed by atoms with van der Waals surface area (Å²) in [5.41, 5.74) is 4.66. The van der Waals surface area contributed by atoms with Gasteiger partial charge in [0.25, 0.3) is 0 Å². The van der Waals surface area contributed by atoms with Crippen molar-refractivity contribution in [3.8, 4) is 11.5 Å². The van der Waals surface area contributed by atoms with E-state index in [-0.39, 0.29) is 42.8 Å². The standard InChI is InChI=1S/C25H25NO5.C18H23NO4.C17H21NO4/c1-3-29-24(28)15(2)20-12-17-10-16(4-6-19(17)26-20)11-23(27)25(8-9-25)18-5-7-21-22(13-18)31-14-30-21;1-6-22-16(20)12(2)15-11-13-9-7-8-10-14(13)19(15)17(21)23-18(3,4)5;1-5-21-15(19)11-13-10-12-8-6-7-9-14(12)18(13)16(20)22-17(2,3)4/h4-7,10,12-13,15,26H,3,8-9,11,14H2,1-2H3;7-12H,6H2,1-5H3;6-10H,5,11H2,1-4H3. The van der Waals surface area contributed by atoms with Crippen LogP contribution in [-0.2, 0) is 61.1 Å². The number of carbonyl (C=O) groups excluding carboxylic acids is 6. The number of aromatic amines is 1. The van der Waals surface area contributed by atoms with Gasteiger partial charge in [0.2, 0.25) is 6.79 Å². The highest BCUT2D eigenvalue weighted by molar-refractivity contribution is 5.96. The lowest BCUT2D eigenvalue weighted by Gasteiger charge is -2.22. The predicted octanol–water partition coefficient (Wildman–Crippen LogP) is 12.0. The zero-order valence-corrected chi connectivity index (χ0v) is 45.3. The Labute approximate surface area is 442 Å². The fraction of sp³-hybridized carbons (Fsp3) is 0.400. The molecule has 76 heavy (non-hydrogen) atoms. The van der Waals surface area contributed by atoms with E-state index in [1.807, 2.05) is 152 Å². The van der Waals surface area contributed by atoms with Crippen molar-refractivity contribution in [3.63, 3.8) is 0 Å². The number of carbonyl (C=O) groups is 6. The fourth-order valence-corrected chi connectivity index (χ4v) is 8.96. The van der Waals surface area contributed by atoms with Gasteiger partial charge in [-0.2, -0.15) is 0 Å². The number of hydrogen-bond donors (Lipinski definition) is 1. The number of ether oxygens (including phenoxy) is 7. The second-order valence-corrected chi connectivity index (χ2v) is 20.8. The van der Waals surface area contributed by atoms with Crippen molar-refractivity contribution in [1.29, 1.82) is 0 Å². The van der Waals surface area contributed by atoms with Crippen LogP contribution < -0.4 is 9.47 Å². The van der Waals surface area contributed by atoms with Crippen LogP contribution in [0.5, 0.6) is 11.5 Å². The first-order valence-electron chi connectivity index (χ1n) is 25.8. The molecule has 2 atom stereocenters. The molecule has 0 bridgehead atoms. The van der Waals surface area contributed by atoms with Crippen LogP contribution >= 0.6 is 0 Å².